The molecule has 3 rings (SSSR count). The number of ether oxygens (including phenoxy) is 1. The maximum atomic E-state index is 12.2. The first-order valence-electron chi connectivity index (χ1n) is 7.29. The van der Waals surface area contributed by atoms with E-state index in [1.54, 1.807) is 0 Å². The lowest BCUT2D eigenvalue weighted by Gasteiger charge is -2.31. The van der Waals surface area contributed by atoms with Crippen LogP contribution in [0.3, 0.4) is 0 Å². The molecule has 0 amide bonds. The van der Waals surface area contributed by atoms with Crippen molar-refractivity contribution in [2.24, 2.45) is 7.05 Å². The molecular formula is C15H18F3N3O. The fourth-order valence-electron chi connectivity index (χ4n) is 2.91. The number of likely N-dealkylation sites (tertiary alicyclic amines) is 1. The summed E-state index contributed by atoms with van der Waals surface area (Å²) >= 11 is 0. The van der Waals surface area contributed by atoms with Gasteiger partial charge in [0.25, 0.3) is 0 Å². The summed E-state index contributed by atoms with van der Waals surface area (Å²) < 4.78 is 42.8. The van der Waals surface area contributed by atoms with Gasteiger partial charge in [0.05, 0.1) is 23.7 Å². The van der Waals surface area contributed by atoms with Gasteiger partial charge in [0.2, 0.25) is 0 Å². The lowest BCUT2D eigenvalue weighted by molar-refractivity contribution is -0.345. The van der Waals surface area contributed by atoms with Gasteiger partial charge in [0, 0.05) is 20.1 Å². The molecule has 1 aromatic carbocycles. The minimum absolute atomic E-state index is 0.392. The normalized spacial score (nSPS) is 18.2. The molecule has 1 saturated heterocycles. The van der Waals surface area contributed by atoms with E-state index in [2.05, 4.69) is 14.6 Å². The Morgan fingerprint density at radius 1 is 1.23 bits per heavy atom. The van der Waals surface area contributed by atoms with E-state index in [-0.39, 0.29) is 0 Å². The monoisotopic (exact) mass is 313 g/mol. The maximum absolute atomic E-state index is 12.2. The van der Waals surface area contributed by atoms with Gasteiger partial charge in [-0.1, -0.05) is 12.1 Å². The number of nitrogens with zero attached hydrogens (tertiary/aromatic N) is 3. The molecule has 0 atom stereocenters. The third-order valence-electron chi connectivity index (χ3n) is 4.08. The van der Waals surface area contributed by atoms with Crippen LogP contribution in [0.2, 0.25) is 0 Å². The number of halogens is 3. The first-order valence-corrected chi connectivity index (χ1v) is 7.29. The van der Waals surface area contributed by atoms with Crippen molar-refractivity contribution in [1.82, 2.24) is 14.5 Å². The van der Waals surface area contributed by atoms with Crippen molar-refractivity contribution < 1.29 is 17.9 Å². The molecule has 0 spiro atoms. The van der Waals surface area contributed by atoms with Crippen LogP contribution in [0.4, 0.5) is 13.2 Å². The Morgan fingerprint density at radius 3 is 2.55 bits per heavy atom. The van der Waals surface area contributed by atoms with Gasteiger partial charge < -0.3 is 4.57 Å². The Labute approximate surface area is 126 Å². The van der Waals surface area contributed by atoms with Crippen molar-refractivity contribution in [2.75, 3.05) is 13.1 Å². The number of aryl methyl sites for hydroxylation is 1. The summed E-state index contributed by atoms with van der Waals surface area (Å²) in [7, 11) is 1.96. The SMILES string of the molecule is Cn1c(CN2CCC(OC(F)(F)F)CC2)nc2ccccc21. The molecule has 1 fully saturated rings. The summed E-state index contributed by atoms with van der Waals surface area (Å²) in [4.78, 5) is 6.72. The highest BCUT2D eigenvalue weighted by molar-refractivity contribution is 5.75. The molecule has 0 radical (unpaired) electrons. The highest BCUT2D eigenvalue weighted by Crippen LogP contribution is 2.25. The Kier molecular flexibility index (Phi) is 4.10. The average molecular weight is 313 g/mol. The third-order valence-corrected chi connectivity index (χ3v) is 4.08. The molecule has 0 unspecified atom stereocenters. The smallest absolute Gasteiger partial charge is 0.330 e. The molecule has 2 aromatic rings. The van der Waals surface area contributed by atoms with Crippen LogP contribution in [0.1, 0.15) is 18.7 Å². The van der Waals surface area contributed by atoms with Crippen molar-refractivity contribution >= 4 is 11.0 Å². The van der Waals surface area contributed by atoms with E-state index in [1.807, 2.05) is 35.9 Å². The van der Waals surface area contributed by atoms with Gasteiger partial charge in [-0.05, 0) is 25.0 Å². The number of hydrogen-bond donors (Lipinski definition) is 0. The van der Waals surface area contributed by atoms with Crippen LogP contribution in [0.15, 0.2) is 24.3 Å². The summed E-state index contributed by atoms with van der Waals surface area (Å²) in [5.41, 5.74) is 2.00. The van der Waals surface area contributed by atoms with Crippen LogP contribution in [0.5, 0.6) is 0 Å². The molecule has 2 heterocycles. The number of hydrogen-bond acceptors (Lipinski definition) is 3. The Bertz CT molecular complexity index is 645. The van der Waals surface area contributed by atoms with Crippen molar-refractivity contribution in [1.29, 1.82) is 0 Å². The molecule has 1 aliphatic heterocycles. The second-order valence-electron chi connectivity index (χ2n) is 5.61. The molecule has 0 saturated carbocycles. The topological polar surface area (TPSA) is 30.3 Å². The number of fused-ring (bicyclic) bond motifs is 1. The van der Waals surface area contributed by atoms with Gasteiger partial charge in [0.15, 0.2) is 0 Å². The molecule has 0 aliphatic carbocycles. The fraction of sp³-hybridized carbons (Fsp3) is 0.533. The van der Waals surface area contributed by atoms with E-state index in [0.717, 1.165) is 16.9 Å². The van der Waals surface area contributed by atoms with Crippen molar-refractivity contribution in [3.05, 3.63) is 30.1 Å². The van der Waals surface area contributed by atoms with Crippen molar-refractivity contribution in [3.8, 4) is 0 Å². The minimum Gasteiger partial charge on any atom is -0.330 e. The highest BCUT2D eigenvalue weighted by Gasteiger charge is 2.35. The van der Waals surface area contributed by atoms with Gasteiger partial charge in [-0.15, -0.1) is 13.2 Å². The summed E-state index contributed by atoms with van der Waals surface area (Å²) in [5, 5.41) is 0. The van der Waals surface area contributed by atoms with Gasteiger partial charge in [-0.3, -0.25) is 9.64 Å². The molecule has 0 N–H and O–H groups in total. The maximum Gasteiger partial charge on any atom is 0.522 e. The number of piperidine rings is 1. The summed E-state index contributed by atoms with van der Waals surface area (Å²) in [6.07, 6.45) is -4.48. The van der Waals surface area contributed by atoms with E-state index < -0.39 is 12.5 Å². The number of aromatic nitrogens is 2. The zero-order chi connectivity index (χ0) is 15.7. The largest absolute Gasteiger partial charge is 0.522 e. The molecule has 120 valence electrons. The first kappa shape index (κ1) is 15.3. The first-order chi connectivity index (χ1) is 10.4. The van der Waals surface area contributed by atoms with Crippen LogP contribution in [-0.4, -0.2) is 40.0 Å². The molecule has 7 heteroatoms. The van der Waals surface area contributed by atoms with Gasteiger partial charge in [-0.2, -0.15) is 0 Å². The lowest BCUT2D eigenvalue weighted by atomic mass is 10.1. The van der Waals surface area contributed by atoms with E-state index in [9.17, 15) is 13.2 Å². The standard InChI is InChI=1S/C15H18F3N3O/c1-20-13-5-3-2-4-12(13)19-14(20)10-21-8-6-11(7-9-21)22-15(16,17)18/h2-5,11H,6-10H2,1H3. The summed E-state index contributed by atoms with van der Waals surface area (Å²) in [6, 6.07) is 7.88. The number of imidazole rings is 1. The van der Waals surface area contributed by atoms with Gasteiger partial charge in [0.1, 0.15) is 5.82 Å². The van der Waals surface area contributed by atoms with E-state index in [0.29, 0.717) is 32.5 Å². The van der Waals surface area contributed by atoms with Crippen molar-refractivity contribution in [2.45, 2.75) is 31.9 Å². The zero-order valence-corrected chi connectivity index (χ0v) is 12.3. The summed E-state index contributed by atoms with van der Waals surface area (Å²) in [5.74, 6) is 0.927. The average Bonchev–Trinajstić information content (AvgIpc) is 2.77. The second-order valence-corrected chi connectivity index (χ2v) is 5.61. The van der Waals surface area contributed by atoms with Crippen LogP contribution >= 0.6 is 0 Å². The fourth-order valence-corrected chi connectivity index (χ4v) is 2.91. The Balaban J connectivity index is 1.61. The number of alkyl halides is 3. The Morgan fingerprint density at radius 2 is 1.91 bits per heavy atom. The highest BCUT2D eigenvalue weighted by atomic mass is 19.4. The third kappa shape index (κ3) is 3.41. The summed E-state index contributed by atoms with van der Waals surface area (Å²) in [6.45, 7) is 1.82. The van der Waals surface area contributed by atoms with Crippen LogP contribution in [0, 0.1) is 0 Å². The number of para-hydroxylation sites is 2. The van der Waals surface area contributed by atoms with Gasteiger partial charge in [-0.25, -0.2) is 4.98 Å². The molecule has 0 bridgehead atoms. The molecule has 22 heavy (non-hydrogen) atoms. The molecule has 1 aromatic heterocycles. The van der Waals surface area contributed by atoms with Gasteiger partial charge >= 0.3 is 6.36 Å². The quantitative estimate of drug-likeness (QED) is 0.872. The molecule has 4 nitrogen and oxygen atoms in total. The van der Waals surface area contributed by atoms with Crippen LogP contribution in [-0.2, 0) is 18.3 Å². The second kappa shape index (κ2) is 5.89. The zero-order valence-electron chi connectivity index (χ0n) is 12.3. The molecule has 1 aliphatic rings. The molecular weight excluding hydrogens is 295 g/mol. The lowest BCUT2D eigenvalue weighted by Crippen LogP contribution is -2.39. The van der Waals surface area contributed by atoms with E-state index >= 15 is 0 Å². The minimum atomic E-state index is -4.54. The number of rotatable bonds is 3. The van der Waals surface area contributed by atoms with Crippen LogP contribution in [0.25, 0.3) is 11.0 Å². The predicted molar refractivity (Wildman–Crippen MR) is 76.2 cm³/mol. The Hall–Kier alpha value is -1.60. The van der Waals surface area contributed by atoms with E-state index in [1.165, 1.54) is 0 Å². The van der Waals surface area contributed by atoms with E-state index in [4.69, 9.17) is 0 Å². The van der Waals surface area contributed by atoms with Crippen molar-refractivity contribution in [3.63, 3.8) is 0 Å². The predicted octanol–water partition coefficient (Wildman–Crippen LogP) is 3.07. The number of benzene rings is 1. The van der Waals surface area contributed by atoms with Crippen LogP contribution < -0.4 is 0 Å².